The van der Waals surface area contributed by atoms with Gasteiger partial charge in [0.05, 0.1) is 0 Å². The van der Waals surface area contributed by atoms with Crippen LogP contribution < -0.4 is 5.32 Å². The average Bonchev–Trinajstić information content (AvgIpc) is 2.44. The molecule has 0 unspecified atom stereocenters. The van der Waals surface area contributed by atoms with Crippen LogP contribution in [-0.2, 0) is 0 Å². The maximum absolute atomic E-state index is 3.74. The molecule has 2 aromatic carbocycles. The Morgan fingerprint density at radius 3 is 2.25 bits per heavy atom. The summed E-state index contributed by atoms with van der Waals surface area (Å²) in [5.74, 6) is 0.746. The summed E-state index contributed by atoms with van der Waals surface area (Å²) in [6.07, 6.45) is 2.53. The van der Waals surface area contributed by atoms with Gasteiger partial charge in [-0.1, -0.05) is 60.2 Å². The molecule has 0 amide bonds. The molecule has 3 rings (SSSR count). The van der Waals surface area contributed by atoms with Crippen molar-refractivity contribution in [1.82, 2.24) is 5.32 Å². The van der Waals surface area contributed by atoms with E-state index in [-0.39, 0.29) is 0 Å². The van der Waals surface area contributed by atoms with Gasteiger partial charge in [0, 0.05) is 12.1 Å². The molecule has 1 N–H and O–H groups in total. The molecule has 0 radical (unpaired) electrons. The molecule has 1 aliphatic carbocycles. The zero-order valence-corrected chi connectivity index (χ0v) is 12.3. The Kier molecular flexibility index (Phi) is 3.88. The zero-order valence-electron chi connectivity index (χ0n) is 12.3. The van der Waals surface area contributed by atoms with Crippen molar-refractivity contribution in [3.63, 3.8) is 0 Å². The molecule has 0 aliphatic heterocycles. The summed E-state index contributed by atoms with van der Waals surface area (Å²) in [4.78, 5) is 0. The van der Waals surface area contributed by atoms with E-state index >= 15 is 0 Å². The fraction of sp³-hybridized carbons (Fsp3) is 0.368. The lowest BCUT2D eigenvalue weighted by molar-refractivity contribution is 0.271. The minimum absolute atomic E-state index is 0.445. The standard InChI is InChI=1S/C19H23N/c1-14-8-10-17(11-9-14)18-12-19(13-18)20-15(2)16-6-4-3-5-7-16/h3-11,15,18-20H,12-13H2,1-2H3/t15-,18?,19?/m1/s1. The second-order valence-electron chi connectivity index (χ2n) is 6.07. The lowest BCUT2D eigenvalue weighted by Crippen LogP contribution is -2.41. The van der Waals surface area contributed by atoms with Crippen molar-refractivity contribution in [2.24, 2.45) is 0 Å². The van der Waals surface area contributed by atoms with Crippen molar-refractivity contribution < 1.29 is 0 Å². The smallest absolute Gasteiger partial charge is 0.0294 e. The van der Waals surface area contributed by atoms with Gasteiger partial charge in [-0.05, 0) is 43.7 Å². The third-order valence-electron chi connectivity index (χ3n) is 4.47. The maximum atomic E-state index is 3.74. The van der Waals surface area contributed by atoms with Crippen molar-refractivity contribution in [2.75, 3.05) is 0 Å². The number of nitrogens with one attached hydrogen (secondary N) is 1. The highest BCUT2D eigenvalue weighted by molar-refractivity contribution is 5.27. The third kappa shape index (κ3) is 2.94. The first-order valence-electron chi connectivity index (χ1n) is 7.60. The van der Waals surface area contributed by atoms with Gasteiger partial charge in [-0.15, -0.1) is 0 Å². The third-order valence-corrected chi connectivity index (χ3v) is 4.47. The van der Waals surface area contributed by atoms with E-state index in [2.05, 4.69) is 73.8 Å². The minimum Gasteiger partial charge on any atom is -0.307 e. The Balaban J connectivity index is 1.52. The summed E-state index contributed by atoms with van der Waals surface area (Å²) >= 11 is 0. The predicted octanol–water partition coefficient (Wildman–Crippen LogP) is 4.59. The Labute approximate surface area is 122 Å². The number of hydrogen-bond acceptors (Lipinski definition) is 1. The highest BCUT2D eigenvalue weighted by Crippen LogP contribution is 2.37. The SMILES string of the molecule is Cc1ccc(C2CC(N[C@H](C)c3ccccc3)C2)cc1. The molecule has 1 saturated carbocycles. The van der Waals surface area contributed by atoms with Gasteiger partial charge in [0.1, 0.15) is 0 Å². The van der Waals surface area contributed by atoms with Crippen LogP contribution in [0, 0.1) is 6.92 Å². The van der Waals surface area contributed by atoms with Gasteiger partial charge in [-0.25, -0.2) is 0 Å². The highest BCUT2D eigenvalue weighted by Gasteiger charge is 2.30. The minimum atomic E-state index is 0.445. The summed E-state index contributed by atoms with van der Waals surface area (Å²) in [5.41, 5.74) is 4.23. The van der Waals surface area contributed by atoms with E-state index in [1.807, 2.05) is 0 Å². The second-order valence-corrected chi connectivity index (χ2v) is 6.07. The van der Waals surface area contributed by atoms with Gasteiger partial charge in [0.2, 0.25) is 0 Å². The van der Waals surface area contributed by atoms with E-state index in [1.165, 1.54) is 29.5 Å². The van der Waals surface area contributed by atoms with Crippen LogP contribution in [0.5, 0.6) is 0 Å². The first-order valence-corrected chi connectivity index (χ1v) is 7.60. The van der Waals surface area contributed by atoms with Crippen molar-refractivity contribution in [1.29, 1.82) is 0 Å². The molecule has 1 fully saturated rings. The van der Waals surface area contributed by atoms with E-state index < -0.39 is 0 Å². The van der Waals surface area contributed by atoms with Gasteiger partial charge >= 0.3 is 0 Å². The lowest BCUT2D eigenvalue weighted by atomic mass is 9.75. The summed E-state index contributed by atoms with van der Waals surface area (Å²) in [6, 6.07) is 20.8. The molecule has 0 saturated heterocycles. The van der Waals surface area contributed by atoms with Crippen LogP contribution in [0.15, 0.2) is 54.6 Å². The van der Waals surface area contributed by atoms with Crippen molar-refractivity contribution in [2.45, 2.75) is 44.7 Å². The summed E-state index contributed by atoms with van der Waals surface area (Å²) in [5, 5.41) is 3.74. The second kappa shape index (κ2) is 5.80. The Hall–Kier alpha value is -1.60. The normalized spacial score (nSPS) is 23.1. The summed E-state index contributed by atoms with van der Waals surface area (Å²) in [6.45, 7) is 4.41. The number of benzene rings is 2. The van der Waals surface area contributed by atoms with Crippen LogP contribution in [0.3, 0.4) is 0 Å². The average molecular weight is 265 g/mol. The number of rotatable bonds is 4. The maximum Gasteiger partial charge on any atom is 0.0294 e. The van der Waals surface area contributed by atoms with Crippen LogP contribution in [0.2, 0.25) is 0 Å². The molecule has 1 nitrogen and oxygen atoms in total. The quantitative estimate of drug-likeness (QED) is 0.852. The molecule has 0 spiro atoms. The Morgan fingerprint density at radius 2 is 1.60 bits per heavy atom. The van der Waals surface area contributed by atoms with Gasteiger partial charge in [0.25, 0.3) is 0 Å². The van der Waals surface area contributed by atoms with E-state index in [0.29, 0.717) is 12.1 Å². The first-order chi connectivity index (χ1) is 9.72. The monoisotopic (exact) mass is 265 g/mol. The van der Waals surface area contributed by atoms with E-state index in [1.54, 1.807) is 0 Å². The summed E-state index contributed by atoms with van der Waals surface area (Å²) in [7, 11) is 0. The molecular weight excluding hydrogens is 242 g/mol. The van der Waals surface area contributed by atoms with E-state index in [0.717, 1.165) is 5.92 Å². The molecule has 1 atom stereocenters. The Morgan fingerprint density at radius 1 is 0.950 bits per heavy atom. The fourth-order valence-electron chi connectivity index (χ4n) is 3.06. The molecule has 1 heteroatoms. The molecule has 0 heterocycles. The molecule has 0 aromatic heterocycles. The Bertz CT molecular complexity index is 538. The first kappa shape index (κ1) is 13.4. The topological polar surface area (TPSA) is 12.0 Å². The van der Waals surface area contributed by atoms with Crippen LogP contribution in [0.1, 0.15) is 48.4 Å². The molecule has 20 heavy (non-hydrogen) atoms. The zero-order chi connectivity index (χ0) is 13.9. The molecule has 104 valence electrons. The largest absolute Gasteiger partial charge is 0.307 e. The van der Waals surface area contributed by atoms with Crippen LogP contribution in [0.4, 0.5) is 0 Å². The van der Waals surface area contributed by atoms with Crippen LogP contribution in [-0.4, -0.2) is 6.04 Å². The van der Waals surface area contributed by atoms with Crippen molar-refractivity contribution in [3.8, 4) is 0 Å². The van der Waals surface area contributed by atoms with Gasteiger partial charge < -0.3 is 5.32 Å². The van der Waals surface area contributed by atoms with Gasteiger partial charge in [-0.3, -0.25) is 0 Å². The van der Waals surface area contributed by atoms with Gasteiger partial charge in [0.15, 0.2) is 0 Å². The van der Waals surface area contributed by atoms with E-state index in [9.17, 15) is 0 Å². The molecule has 0 bridgehead atoms. The van der Waals surface area contributed by atoms with Crippen molar-refractivity contribution in [3.05, 3.63) is 71.3 Å². The fourth-order valence-corrected chi connectivity index (χ4v) is 3.06. The molecule has 2 aromatic rings. The number of aryl methyl sites for hydroxylation is 1. The highest BCUT2D eigenvalue weighted by atomic mass is 15.0. The molecular formula is C19H23N. The summed E-state index contributed by atoms with van der Waals surface area (Å²) < 4.78 is 0. The predicted molar refractivity (Wildman–Crippen MR) is 84.9 cm³/mol. The number of hydrogen-bond donors (Lipinski definition) is 1. The lowest BCUT2D eigenvalue weighted by Gasteiger charge is -2.38. The van der Waals surface area contributed by atoms with Gasteiger partial charge in [-0.2, -0.15) is 0 Å². The van der Waals surface area contributed by atoms with Crippen molar-refractivity contribution >= 4 is 0 Å². The van der Waals surface area contributed by atoms with Crippen LogP contribution in [0.25, 0.3) is 0 Å². The molecule has 1 aliphatic rings. The van der Waals surface area contributed by atoms with Crippen LogP contribution >= 0.6 is 0 Å². The van der Waals surface area contributed by atoms with E-state index in [4.69, 9.17) is 0 Å².